The minimum absolute atomic E-state index is 0.180. The number of nitrogens with one attached hydrogen (secondary N) is 1. The first kappa shape index (κ1) is 18.9. The van der Waals surface area contributed by atoms with Gasteiger partial charge in [0.25, 0.3) is 0 Å². The molecule has 0 unspecified atom stereocenters. The topological polar surface area (TPSA) is 82.6 Å². The molecule has 0 aliphatic carbocycles. The van der Waals surface area contributed by atoms with Gasteiger partial charge >= 0.3 is 0 Å². The van der Waals surface area contributed by atoms with Gasteiger partial charge in [-0.2, -0.15) is 4.31 Å². The molecule has 3 heterocycles. The van der Waals surface area contributed by atoms with Gasteiger partial charge in [0, 0.05) is 44.5 Å². The van der Waals surface area contributed by atoms with Crippen LogP contribution in [0.15, 0.2) is 47.5 Å². The average Bonchev–Trinajstić information content (AvgIpc) is 3.39. The lowest BCUT2D eigenvalue weighted by Gasteiger charge is -2.16. The lowest BCUT2D eigenvalue weighted by molar-refractivity contribution is -0.117. The number of benzene rings is 1. The first-order chi connectivity index (χ1) is 13.5. The van der Waals surface area contributed by atoms with Crippen LogP contribution < -0.4 is 10.2 Å². The van der Waals surface area contributed by atoms with Crippen LogP contribution in [0.2, 0.25) is 0 Å². The van der Waals surface area contributed by atoms with Crippen molar-refractivity contribution in [2.24, 2.45) is 0 Å². The summed E-state index contributed by atoms with van der Waals surface area (Å²) < 4.78 is 26.6. The van der Waals surface area contributed by atoms with E-state index >= 15 is 0 Å². The molecule has 1 N–H and O–H groups in total. The minimum atomic E-state index is -3.43. The third-order valence-electron chi connectivity index (χ3n) is 5.23. The third-order valence-corrected chi connectivity index (χ3v) is 7.12. The Labute approximate surface area is 165 Å². The third kappa shape index (κ3) is 3.88. The summed E-state index contributed by atoms with van der Waals surface area (Å²) in [5.74, 6) is 0.804. The summed E-state index contributed by atoms with van der Waals surface area (Å²) in [7, 11) is -3.43. The molecule has 4 rings (SSSR count). The molecule has 2 saturated heterocycles. The fourth-order valence-electron chi connectivity index (χ4n) is 3.62. The lowest BCUT2D eigenvalue weighted by atomic mass is 10.2. The Morgan fingerprint density at radius 2 is 1.71 bits per heavy atom. The van der Waals surface area contributed by atoms with Crippen molar-refractivity contribution in [3.63, 3.8) is 0 Å². The highest BCUT2D eigenvalue weighted by molar-refractivity contribution is 7.89. The van der Waals surface area contributed by atoms with E-state index in [2.05, 4.69) is 10.3 Å². The highest BCUT2D eigenvalue weighted by Gasteiger charge is 2.27. The van der Waals surface area contributed by atoms with Gasteiger partial charge in [-0.3, -0.25) is 4.79 Å². The van der Waals surface area contributed by atoms with Crippen molar-refractivity contribution < 1.29 is 13.2 Å². The second-order valence-electron chi connectivity index (χ2n) is 7.16. The van der Waals surface area contributed by atoms with Crippen LogP contribution in [0.5, 0.6) is 0 Å². The molecule has 1 aromatic heterocycles. The van der Waals surface area contributed by atoms with Crippen LogP contribution in [-0.2, 0) is 21.4 Å². The summed E-state index contributed by atoms with van der Waals surface area (Å²) >= 11 is 0. The Morgan fingerprint density at radius 3 is 2.32 bits per heavy atom. The van der Waals surface area contributed by atoms with Crippen LogP contribution in [-0.4, -0.2) is 43.2 Å². The van der Waals surface area contributed by atoms with E-state index in [1.54, 1.807) is 12.1 Å². The van der Waals surface area contributed by atoms with Gasteiger partial charge in [0.05, 0.1) is 0 Å². The van der Waals surface area contributed by atoms with Crippen LogP contribution in [0.3, 0.4) is 0 Å². The molecular formula is C20H24N4O3S. The van der Waals surface area contributed by atoms with Gasteiger partial charge in [0.2, 0.25) is 15.9 Å². The number of carbonyl (C=O) groups excluding carboxylic acids is 1. The maximum absolute atomic E-state index is 12.5. The minimum Gasteiger partial charge on any atom is -0.366 e. The summed E-state index contributed by atoms with van der Waals surface area (Å²) in [6.07, 6.45) is 4.78. The fraction of sp³-hybridized carbons (Fsp3) is 0.400. The standard InChI is InChI=1S/C20H24N4O3S/c25-20-4-3-13-24(20)17-7-5-16(6-8-17)14-21-19-10-9-18(15-22-19)28(26,27)23-11-1-2-12-23/h5-10,15H,1-4,11-14H2,(H,21,22). The fourth-order valence-corrected chi connectivity index (χ4v) is 5.09. The van der Waals surface area contributed by atoms with Gasteiger partial charge < -0.3 is 10.2 Å². The summed E-state index contributed by atoms with van der Waals surface area (Å²) in [4.78, 5) is 18.1. The Bertz CT molecular complexity index is 936. The highest BCUT2D eigenvalue weighted by Crippen LogP contribution is 2.23. The van der Waals surface area contributed by atoms with Crippen LogP contribution in [0.25, 0.3) is 0 Å². The molecule has 0 atom stereocenters. The second-order valence-corrected chi connectivity index (χ2v) is 9.10. The van der Waals surface area contributed by atoms with E-state index in [9.17, 15) is 13.2 Å². The molecule has 8 heteroatoms. The van der Waals surface area contributed by atoms with Crippen molar-refractivity contribution in [1.29, 1.82) is 0 Å². The van der Waals surface area contributed by atoms with Crippen LogP contribution >= 0.6 is 0 Å². The largest absolute Gasteiger partial charge is 0.366 e. The molecule has 1 aromatic carbocycles. The zero-order chi connectivity index (χ0) is 19.6. The Balaban J connectivity index is 1.36. The van der Waals surface area contributed by atoms with E-state index in [-0.39, 0.29) is 10.8 Å². The highest BCUT2D eigenvalue weighted by atomic mass is 32.2. The van der Waals surface area contributed by atoms with Gasteiger partial charge in [-0.05, 0) is 49.1 Å². The van der Waals surface area contributed by atoms with E-state index in [1.807, 2.05) is 29.2 Å². The average molecular weight is 401 g/mol. The smallest absolute Gasteiger partial charge is 0.244 e. The van der Waals surface area contributed by atoms with Crippen molar-refractivity contribution >= 4 is 27.4 Å². The molecule has 1 amide bonds. The molecule has 28 heavy (non-hydrogen) atoms. The van der Waals surface area contributed by atoms with Crippen molar-refractivity contribution in [3.05, 3.63) is 48.2 Å². The van der Waals surface area contributed by atoms with Crippen molar-refractivity contribution in [3.8, 4) is 0 Å². The number of pyridine rings is 1. The Hall–Kier alpha value is -2.45. The molecule has 0 radical (unpaired) electrons. The number of sulfonamides is 1. The van der Waals surface area contributed by atoms with Gasteiger partial charge in [0.15, 0.2) is 0 Å². The van der Waals surface area contributed by atoms with E-state index in [0.29, 0.717) is 31.9 Å². The number of nitrogens with zero attached hydrogens (tertiary/aromatic N) is 3. The normalized spacial score (nSPS) is 18.0. The molecule has 7 nitrogen and oxygen atoms in total. The number of carbonyl (C=O) groups is 1. The van der Waals surface area contributed by atoms with Crippen LogP contribution in [0.1, 0.15) is 31.2 Å². The number of amides is 1. The summed E-state index contributed by atoms with van der Waals surface area (Å²) in [5, 5.41) is 3.21. The SMILES string of the molecule is O=C1CCCN1c1ccc(CNc2ccc(S(=O)(=O)N3CCCC3)cn2)cc1. The molecule has 0 bridgehead atoms. The van der Waals surface area contributed by atoms with Crippen LogP contribution in [0.4, 0.5) is 11.5 Å². The number of aromatic nitrogens is 1. The van der Waals surface area contributed by atoms with Gasteiger partial charge in [-0.1, -0.05) is 12.1 Å². The lowest BCUT2D eigenvalue weighted by Crippen LogP contribution is -2.27. The van der Waals surface area contributed by atoms with Gasteiger partial charge in [-0.25, -0.2) is 13.4 Å². The number of hydrogen-bond acceptors (Lipinski definition) is 5. The van der Waals surface area contributed by atoms with Crippen molar-refractivity contribution in [2.45, 2.75) is 37.1 Å². The first-order valence-corrected chi connectivity index (χ1v) is 11.1. The van der Waals surface area contributed by atoms with E-state index in [1.165, 1.54) is 10.5 Å². The predicted molar refractivity (Wildman–Crippen MR) is 108 cm³/mol. The molecule has 2 fully saturated rings. The summed E-state index contributed by atoms with van der Waals surface area (Å²) in [6, 6.07) is 11.2. The molecular weight excluding hydrogens is 376 g/mol. The van der Waals surface area contributed by atoms with Gasteiger partial charge in [-0.15, -0.1) is 0 Å². The molecule has 0 spiro atoms. The number of anilines is 2. The number of hydrogen-bond donors (Lipinski definition) is 1. The van der Waals surface area contributed by atoms with E-state index < -0.39 is 10.0 Å². The molecule has 2 aliphatic rings. The quantitative estimate of drug-likeness (QED) is 0.806. The number of rotatable bonds is 6. The zero-order valence-electron chi connectivity index (χ0n) is 15.7. The maximum atomic E-state index is 12.5. The molecule has 2 aliphatic heterocycles. The van der Waals surface area contributed by atoms with E-state index in [4.69, 9.17) is 0 Å². The zero-order valence-corrected chi connectivity index (χ0v) is 16.5. The van der Waals surface area contributed by atoms with Gasteiger partial charge in [0.1, 0.15) is 10.7 Å². The van der Waals surface area contributed by atoms with Crippen LogP contribution in [0, 0.1) is 0 Å². The summed E-state index contributed by atoms with van der Waals surface area (Å²) in [5.41, 5.74) is 1.99. The first-order valence-electron chi connectivity index (χ1n) is 9.63. The van der Waals surface area contributed by atoms with Crippen molar-refractivity contribution in [1.82, 2.24) is 9.29 Å². The Kier molecular flexibility index (Phi) is 5.32. The molecule has 2 aromatic rings. The monoisotopic (exact) mass is 400 g/mol. The maximum Gasteiger partial charge on any atom is 0.244 e. The second kappa shape index (κ2) is 7.89. The molecule has 0 saturated carbocycles. The Morgan fingerprint density at radius 1 is 0.964 bits per heavy atom. The van der Waals surface area contributed by atoms with E-state index in [0.717, 1.165) is 37.1 Å². The molecule has 148 valence electrons. The summed E-state index contributed by atoms with van der Waals surface area (Å²) in [6.45, 7) is 2.52. The predicted octanol–water partition coefficient (Wildman–Crippen LogP) is 2.61. The van der Waals surface area contributed by atoms with Crippen molar-refractivity contribution in [2.75, 3.05) is 29.9 Å².